The molecule has 0 aliphatic carbocycles. The highest BCUT2D eigenvalue weighted by molar-refractivity contribution is 5.40. The van der Waals surface area contributed by atoms with Crippen molar-refractivity contribution in [2.75, 3.05) is 18.0 Å². The van der Waals surface area contributed by atoms with E-state index in [1.165, 1.54) is 6.42 Å². The number of nitrogens with zero attached hydrogens (tertiary/aromatic N) is 2. The van der Waals surface area contributed by atoms with Gasteiger partial charge in [-0.15, -0.1) is 0 Å². The highest BCUT2D eigenvalue weighted by Gasteiger charge is 2.28. The molecular formula is C11H17N3. The van der Waals surface area contributed by atoms with Crippen LogP contribution in [0.1, 0.15) is 13.3 Å². The van der Waals surface area contributed by atoms with Gasteiger partial charge in [-0.05, 0) is 37.9 Å². The second-order valence-electron chi connectivity index (χ2n) is 4.03. The lowest BCUT2D eigenvalue weighted by atomic mass is 10.1. The average Bonchev–Trinajstić information content (AvgIpc) is 2.61. The predicted molar refractivity (Wildman–Crippen MR) is 58.2 cm³/mol. The first kappa shape index (κ1) is 9.46. The van der Waals surface area contributed by atoms with E-state index >= 15 is 0 Å². The largest absolute Gasteiger partial charge is 0.354 e. The molecule has 2 rings (SSSR count). The van der Waals surface area contributed by atoms with Crippen LogP contribution in [0.5, 0.6) is 0 Å². The Bertz CT molecular complexity index is 286. The predicted octanol–water partition coefficient (Wildman–Crippen LogP) is 1.26. The Labute approximate surface area is 84.9 Å². The summed E-state index contributed by atoms with van der Waals surface area (Å²) in [7, 11) is 0. The Kier molecular flexibility index (Phi) is 2.68. The zero-order chi connectivity index (χ0) is 9.97. The third-order valence-electron chi connectivity index (χ3n) is 2.94. The van der Waals surface area contributed by atoms with E-state index in [0.717, 1.165) is 18.9 Å². The van der Waals surface area contributed by atoms with Crippen LogP contribution in [0.25, 0.3) is 0 Å². The Morgan fingerprint density at radius 2 is 2.43 bits per heavy atom. The van der Waals surface area contributed by atoms with E-state index in [-0.39, 0.29) is 0 Å². The molecule has 0 saturated carbocycles. The van der Waals surface area contributed by atoms with Crippen LogP contribution in [0.3, 0.4) is 0 Å². The average molecular weight is 191 g/mol. The molecule has 2 atom stereocenters. The van der Waals surface area contributed by atoms with Crippen LogP contribution in [0.2, 0.25) is 0 Å². The number of aromatic nitrogens is 1. The summed E-state index contributed by atoms with van der Waals surface area (Å²) in [5, 5.41) is 0. The maximum absolute atomic E-state index is 5.69. The Morgan fingerprint density at radius 3 is 3.00 bits per heavy atom. The van der Waals surface area contributed by atoms with Crippen molar-refractivity contribution < 1.29 is 0 Å². The first-order chi connectivity index (χ1) is 6.81. The summed E-state index contributed by atoms with van der Waals surface area (Å²) in [6.07, 6.45) is 3.03. The standard InChI is InChI=1S/C11H17N3/c1-9-6-10(7-12)8-14(9)11-4-2-3-5-13-11/h2-5,9-10H,6-8,12H2,1H3. The number of pyridine rings is 1. The normalized spacial score (nSPS) is 26.9. The van der Waals surface area contributed by atoms with Gasteiger partial charge in [0.15, 0.2) is 0 Å². The number of hydrogen-bond acceptors (Lipinski definition) is 3. The van der Waals surface area contributed by atoms with Crippen molar-refractivity contribution in [3.63, 3.8) is 0 Å². The number of rotatable bonds is 2. The minimum absolute atomic E-state index is 0.568. The van der Waals surface area contributed by atoms with Crippen LogP contribution in [-0.4, -0.2) is 24.1 Å². The van der Waals surface area contributed by atoms with Gasteiger partial charge in [0.2, 0.25) is 0 Å². The second kappa shape index (κ2) is 3.96. The topological polar surface area (TPSA) is 42.1 Å². The van der Waals surface area contributed by atoms with Crippen molar-refractivity contribution in [2.45, 2.75) is 19.4 Å². The summed E-state index contributed by atoms with van der Waals surface area (Å²) in [6.45, 7) is 4.08. The molecule has 0 amide bonds. The SMILES string of the molecule is CC1CC(CN)CN1c1ccccn1. The zero-order valence-electron chi connectivity index (χ0n) is 8.56. The van der Waals surface area contributed by atoms with Crippen molar-refractivity contribution >= 4 is 5.82 Å². The van der Waals surface area contributed by atoms with E-state index in [1.807, 2.05) is 18.3 Å². The van der Waals surface area contributed by atoms with Crippen LogP contribution in [-0.2, 0) is 0 Å². The van der Waals surface area contributed by atoms with Crippen molar-refractivity contribution in [3.8, 4) is 0 Å². The van der Waals surface area contributed by atoms with Crippen LogP contribution >= 0.6 is 0 Å². The molecule has 1 aliphatic heterocycles. The fourth-order valence-corrected chi connectivity index (χ4v) is 2.16. The van der Waals surface area contributed by atoms with Crippen molar-refractivity contribution in [1.29, 1.82) is 0 Å². The van der Waals surface area contributed by atoms with Gasteiger partial charge in [-0.1, -0.05) is 6.07 Å². The molecule has 3 heteroatoms. The molecule has 3 nitrogen and oxygen atoms in total. The number of nitrogens with two attached hydrogens (primary N) is 1. The Balaban J connectivity index is 2.13. The van der Waals surface area contributed by atoms with Gasteiger partial charge < -0.3 is 10.6 Å². The van der Waals surface area contributed by atoms with E-state index < -0.39 is 0 Å². The molecule has 2 N–H and O–H groups in total. The molecule has 0 radical (unpaired) electrons. The fraction of sp³-hybridized carbons (Fsp3) is 0.545. The third kappa shape index (κ3) is 1.73. The van der Waals surface area contributed by atoms with Crippen molar-refractivity contribution in [1.82, 2.24) is 4.98 Å². The molecule has 1 aromatic heterocycles. The Hall–Kier alpha value is -1.09. The molecule has 0 spiro atoms. The summed E-state index contributed by atoms with van der Waals surface area (Å²) in [4.78, 5) is 6.71. The molecule has 1 aromatic rings. The molecule has 0 aromatic carbocycles. The van der Waals surface area contributed by atoms with Gasteiger partial charge >= 0.3 is 0 Å². The third-order valence-corrected chi connectivity index (χ3v) is 2.94. The summed E-state index contributed by atoms with van der Waals surface area (Å²) >= 11 is 0. The van der Waals surface area contributed by atoms with Gasteiger partial charge in [0.1, 0.15) is 5.82 Å². The first-order valence-electron chi connectivity index (χ1n) is 5.19. The summed E-state index contributed by atoms with van der Waals surface area (Å²) in [5.41, 5.74) is 5.69. The van der Waals surface area contributed by atoms with Gasteiger partial charge in [-0.25, -0.2) is 4.98 Å². The van der Waals surface area contributed by atoms with E-state index in [9.17, 15) is 0 Å². The van der Waals surface area contributed by atoms with Crippen LogP contribution in [0.15, 0.2) is 24.4 Å². The summed E-state index contributed by atoms with van der Waals surface area (Å²) in [5.74, 6) is 1.71. The van der Waals surface area contributed by atoms with Crippen molar-refractivity contribution in [2.24, 2.45) is 11.7 Å². The molecule has 14 heavy (non-hydrogen) atoms. The highest BCUT2D eigenvalue weighted by atomic mass is 15.2. The quantitative estimate of drug-likeness (QED) is 0.765. The maximum atomic E-state index is 5.69. The number of hydrogen-bond donors (Lipinski definition) is 1. The van der Waals surface area contributed by atoms with E-state index in [2.05, 4.69) is 22.9 Å². The lowest BCUT2D eigenvalue weighted by Gasteiger charge is -2.22. The summed E-state index contributed by atoms with van der Waals surface area (Å²) in [6, 6.07) is 6.61. The second-order valence-corrected chi connectivity index (χ2v) is 4.03. The van der Waals surface area contributed by atoms with E-state index in [0.29, 0.717) is 12.0 Å². The minimum Gasteiger partial charge on any atom is -0.354 e. The van der Waals surface area contributed by atoms with Crippen LogP contribution in [0, 0.1) is 5.92 Å². The number of anilines is 1. The highest BCUT2D eigenvalue weighted by Crippen LogP contribution is 2.26. The lowest BCUT2D eigenvalue weighted by Crippen LogP contribution is -2.28. The van der Waals surface area contributed by atoms with Gasteiger partial charge in [-0.3, -0.25) is 0 Å². The molecule has 76 valence electrons. The zero-order valence-corrected chi connectivity index (χ0v) is 8.56. The lowest BCUT2D eigenvalue weighted by molar-refractivity contribution is 0.579. The molecule has 2 unspecified atom stereocenters. The Morgan fingerprint density at radius 1 is 1.57 bits per heavy atom. The maximum Gasteiger partial charge on any atom is 0.128 e. The van der Waals surface area contributed by atoms with Gasteiger partial charge in [0.25, 0.3) is 0 Å². The van der Waals surface area contributed by atoms with E-state index in [4.69, 9.17) is 5.73 Å². The van der Waals surface area contributed by atoms with Gasteiger partial charge in [-0.2, -0.15) is 0 Å². The van der Waals surface area contributed by atoms with Crippen LogP contribution < -0.4 is 10.6 Å². The molecule has 0 bridgehead atoms. The first-order valence-corrected chi connectivity index (χ1v) is 5.19. The monoisotopic (exact) mass is 191 g/mol. The molecule has 1 fully saturated rings. The molecule has 2 heterocycles. The smallest absolute Gasteiger partial charge is 0.128 e. The molecular weight excluding hydrogens is 174 g/mol. The minimum atomic E-state index is 0.568. The summed E-state index contributed by atoms with van der Waals surface area (Å²) < 4.78 is 0. The van der Waals surface area contributed by atoms with E-state index in [1.54, 1.807) is 0 Å². The molecule has 1 aliphatic rings. The van der Waals surface area contributed by atoms with Crippen LogP contribution in [0.4, 0.5) is 5.82 Å². The van der Waals surface area contributed by atoms with Gasteiger partial charge in [0.05, 0.1) is 0 Å². The van der Waals surface area contributed by atoms with Gasteiger partial charge in [0, 0.05) is 18.8 Å². The van der Waals surface area contributed by atoms with Crippen molar-refractivity contribution in [3.05, 3.63) is 24.4 Å². The molecule has 1 saturated heterocycles. The fourth-order valence-electron chi connectivity index (χ4n) is 2.16.